The van der Waals surface area contributed by atoms with Gasteiger partial charge in [0.25, 0.3) is 0 Å². The first-order valence-electron chi connectivity index (χ1n) is 7.47. The molecule has 1 aromatic rings. The van der Waals surface area contributed by atoms with Gasteiger partial charge in [-0.15, -0.1) is 0 Å². The van der Waals surface area contributed by atoms with Gasteiger partial charge in [0.15, 0.2) is 0 Å². The van der Waals surface area contributed by atoms with Crippen LogP contribution < -0.4 is 10.5 Å². The number of ether oxygens (including phenoxy) is 2. The molecule has 0 atom stereocenters. The molecule has 6 heteroatoms. The van der Waals surface area contributed by atoms with Crippen LogP contribution in [0.1, 0.15) is 37.1 Å². The number of hydrogen-bond donors (Lipinski definition) is 1. The standard InChI is InChI=1S/C16H22N2O4/c1-10-7-14(21-2)8-13(18-10)9-22-16(20)12-5-3-11(4-6-12)15(17)19/h7-8,11-12H,3-6,9H2,1-2H3,(H2,17,19). The Labute approximate surface area is 130 Å². The molecule has 1 aromatic heterocycles. The maximum absolute atomic E-state index is 12.1. The summed E-state index contributed by atoms with van der Waals surface area (Å²) in [6.07, 6.45) is 2.62. The van der Waals surface area contributed by atoms with Crippen LogP contribution >= 0.6 is 0 Å². The van der Waals surface area contributed by atoms with Gasteiger partial charge in [-0.05, 0) is 32.6 Å². The average Bonchev–Trinajstić information content (AvgIpc) is 2.52. The van der Waals surface area contributed by atoms with Crippen LogP contribution in [0.15, 0.2) is 12.1 Å². The van der Waals surface area contributed by atoms with Crippen LogP contribution in [-0.2, 0) is 20.9 Å². The molecule has 1 amide bonds. The van der Waals surface area contributed by atoms with Gasteiger partial charge in [-0.25, -0.2) is 0 Å². The van der Waals surface area contributed by atoms with Crippen molar-refractivity contribution < 1.29 is 19.1 Å². The molecule has 6 nitrogen and oxygen atoms in total. The molecule has 0 unspecified atom stereocenters. The van der Waals surface area contributed by atoms with E-state index < -0.39 is 0 Å². The van der Waals surface area contributed by atoms with E-state index in [-0.39, 0.29) is 30.3 Å². The number of hydrogen-bond acceptors (Lipinski definition) is 5. The number of aryl methyl sites for hydroxylation is 1. The predicted molar refractivity (Wildman–Crippen MR) is 80.0 cm³/mol. The number of carbonyl (C=O) groups excluding carboxylic acids is 2. The molecule has 0 radical (unpaired) electrons. The van der Waals surface area contributed by atoms with Crippen LogP contribution in [0.2, 0.25) is 0 Å². The molecule has 0 bridgehead atoms. The predicted octanol–water partition coefficient (Wildman–Crippen LogP) is 1.73. The van der Waals surface area contributed by atoms with Gasteiger partial charge in [-0.1, -0.05) is 0 Å². The Morgan fingerprint density at radius 3 is 2.45 bits per heavy atom. The van der Waals surface area contributed by atoms with Crippen LogP contribution in [0.25, 0.3) is 0 Å². The maximum Gasteiger partial charge on any atom is 0.309 e. The minimum atomic E-state index is -0.275. The summed E-state index contributed by atoms with van der Waals surface area (Å²) in [6, 6.07) is 3.57. The van der Waals surface area contributed by atoms with Crippen molar-refractivity contribution in [1.82, 2.24) is 4.98 Å². The van der Waals surface area contributed by atoms with Gasteiger partial charge in [0.2, 0.25) is 5.91 Å². The van der Waals surface area contributed by atoms with E-state index in [0.717, 1.165) is 5.69 Å². The molecule has 2 rings (SSSR count). The zero-order valence-corrected chi connectivity index (χ0v) is 13.0. The van der Waals surface area contributed by atoms with E-state index in [1.54, 1.807) is 13.2 Å². The van der Waals surface area contributed by atoms with E-state index in [1.165, 1.54) is 0 Å². The molecule has 1 fully saturated rings. The highest BCUT2D eigenvalue weighted by Crippen LogP contribution is 2.29. The molecule has 1 aliphatic rings. The van der Waals surface area contributed by atoms with Crippen LogP contribution in [-0.4, -0.2) is 24.0 Å². The summed E-state index contributed by atoms with van der Waals surface area (Å²) in [6.45, 7) is 1.99. The van der Waals surface area contributed by atoms with Crippen molar-refractivity contribution in [2.24, 2.45) is 17.6 Å². The van der Waals surface area contributed by atoms with Gasteiger partial charge in [0, 0.05) is 23.7 Å². The molecule has 0 spiro atoms. The third-order valence-corrected chi connectivity index (χ3v) is 4.04. The fraction of sp³-hybridized carbons (Fsp3) is 0.562. The molecule has 0 aromatic carbocycles. The van der Waals surface area contributed by atoms with Gasteiger partial charge in [0.05, 0.1) is 18.7 Å². The smallest absolute Gasteiger partial charge is 0.309 e. The number of rotatable bonds is 5. The second-order valence-electron chi connectivity index (χ2n) is 5.70. The van der Waals surface area contributed by atoms with Crippen molar-refractivity contribution in [1.29, 1.82) is 0 Å². The number of carbonyl (C=O) groups is 2. The molecular formula is C16H22N2O4. The molecule has 1 aliphatic carbocycles. The number of methoxy groups -OCH3 is 1. The maximum atomic E-state index is 12.1. The highest BCUT2D eigenvalue weighted by atomic mass is 16.5. The minimum absolute atomic E-state index is 0.105. The average molecular weight is 306 g/mol. The summed E-state index contributed by atoms with van der Waals surface area (Å²) in [5, 5.41) is 0. The van der Waals surface area contributed by atoms with Gasteiger partial charge in [-0.2, -0.15) is 0 Å². The molecule has 1 saturated carbocycles. The minimum Gasteiger partial charge on any atom is -0.497 e. The zero-order chi connectivity index (χ0) is 16.1. The fourth-order valence-electron chi connectivity index (χ4n) is 2.77. The molecule has 120 valence electrons. The molecule has 0 saturated heterocycles. The molecule has 22 heavy (non-hydrogen) atoms. The van der Waals surface area contributed by atoms with Crippen molar-refractivity contribution >= 4 is 11.9 Å². The van der Waals surface area contributed by atoms with Crippen LogP contribution in [0, 0.1) is 18.8 Å². The van der Waals surface area contributed by atoms with E-state index in [4.69, 9.17) is 15.2 Å². The fourth-order valence-corrected chi connectivity index (χ4v) is 2.77. The first-order valence-corrected chi connectivity index (χ1v) is 7.47. The van der Waals surface area contributed by atoms with Gasteiger partial charge in [0.1, 0.15) is 12.4 Å². The monoisotopic (exact) mass is 306 g/mol. The van der Waals surface area contributed by atoms with E-state index in [2.05, 4.69) is 4.98 Å². The summed E-state index contributed by atoms with van der Waals surface area (Å²) in [7, 11) is 1.59. The third-order valence-electron chi connectivity index (χ3n) is 4.04. The Morgan fingerprint density at radius 2 is 1.86 bits per heavy atom. The molecular weight excluding hydrogens is 284 g/mol. The van der Waals surface area contributed by atoms with E-state index in [9.17, 15) is 9.59 Å². The van der Waals surface area contributed by atoms with Crippen molar-refractivity contribution in [3.63, 3.8) is 0 Å². The molecule has 2 N–H and O–H groups in total. The lowest BCUT2D eigenvalue weighted by Crippen LogP contribution is -2.30. The Morgan fingerprint density at radius 1 is 1.23 bits per heavy atom. The highest BCUT2D eigenvalue weighted by molar-refractivity contribution is 5.77. The number of nitrogens with two attached hydrogens (primary N) is 1. The Hall–Kier alpha value is -2.11. The quantitative estimate of drug-likeness (QED) is 0.836. The second kappa shape index (κ2) is 7.24. The first kappa shape index (κ1) is 16.3. The summed E-state index contributed by atoms with van der Waals surface area (Å²) >= 11 is 0. The number of esters is 1. The topological polar surface area (TPSA) is 91.5 Å². The summed E-state index contributed by atoms with van der Waals surface area (Å²) < 4.78 is 10.5. The Bertz CT molecular complexity index is 551. The number of amides is 1. The van der Waals surface area contributed by atoms with Crippen molar-refractivity contribution in [2.45, 2.75) is 39.2 Å². The highest BCUT2D eigenvalue weighted by Gasteiger charge is 2.29. The SMILES string of the molecule is COc1cc(C)nc(COC(=O)C2CCC(C(N)=O)CC2)c1. The van der Waals surface area contributed by atoms with E-state index >= 15 is 0 Å². The summed E-state index contributed by atoms with van der Waals surface area (Å²) in [5.74, 6) is -0.0670. The second-order valence-corrected chi connectivity index (χ2v) is 5.70. The number of primary amides is 1. The van der Waals surface area contributed by atoms with Gasteiger partial charge in [-0.3, -0.25) is 14.6 Å². The number of nitrogens with zero attached hydrogens (tertiary/aromatic N) is 1. The molecule has 0 aliphatic heterocycles. The van der Waals surface area contributed by atoms with Gasteiger partial charge < -0.3 is 15.2 Å². The van der Waals surface area contributed by atoms with E-state index in [1.807, 2.05) is 13.0 Å². The van der Waals surface area contributed by atoms with Gasteiger partial charge >= 0.3 is 5.97 Å². The van der Waals surface area contributed by atoms with Crippen molar-refractivity contribution in [3.8, 4) is 5.75 Å². The lowest BCUT2D eigenvalue weighted by atomic mass is 9.82. The lowest BCUT2D eigenvalue weighted by Gasteiger charge is -2.25. The largest absolute Gasteiger partial charge is 0.497 e. The van der Waals surface area contributed by atoms with E-state index in [0.29, 0.717) is 37.1 Å². The van der Waals surface area contributed by atoms with Crippen LogP contribution in [0.5, 0.6) is 5.75 Å². The normalized spacial score (nSPS) is 21.2. The van der Waals surface area contributed by atoms with Crippen molar-refractivity contribution in [2.75, 3.05) is 7.11 Å². The zero-order valence-electron chi connectivity index (χ0n) is 13.0. The lowest BCUT2D eigenvalue weighted by molar-refractivity contribution is -0.152. The molecule has 1 heterocycles. The summed E-state index contributed by atoms with van der Waals surface area (Å²) in [4.78, 5) is 27.5. The van der Waals surface area contributed by atoms with Crippen molar-refractivity contribution in [3.05, 3.63) is 23.5 Å². The number of pyridine rings is 1. The van der Waals surface area contributed by atoms with Crippen LogP contribution in [0.4, 0.5) is 0 Å². The Balaban J connectivity index is 1.86. The first-order chi connectivity index (χ1) is 10.5. The van der Waals surface area contributed by atoms with Crippen LogP contribution in [0.3, 0.4) is 0 Å². The summed E-state index contributed by atoms with van der Waals surface area (Å²) in [5.41, 5.74) is 6.77. The Kier molecular flexibility index (Phi) is 5.35. The third kappa shape index (κ3) is 4.19. The number of aromatic nitrogens is 1.